The molecule has 186 valence electrons. The van der Waals surface area contributed by atoms with Gasteiger partial charge in [-0.05, 0) is 13.3 Å². The summed E-state index contributed by atoms with van der Waals surface area (Å²) in [6.45, 7) is 6.26. The molecule has 3 rings (SSSR count). The van der Waals surface area contributed by atoms with Crippen LogP contribution in [-0.2, 0) is 15.7 Å². The number of nitrogens with one attached hydrogen (secondary N) is 1. The van der Waals surface area contributed by atoms with Crippen LogP contribution >= 0.6 is 11.8 Å². The first-order valence-corrected chi connectivity index (χ1v) is 11.8. The number of anilines is 1. The number of aromatic amines is 1. The zero-order valence-corrected chi connectivity index (χ0v) is 19.8. The molecular weight excluding hydrogens is 473 g/mol. The van der Waals surface area contributed by atoms with Gasteiger partial charge >= 0.3 is 6.18 Å². The normalized spacial score (nSPS) is 15.4. The molecule has 0 spiro atoms. The van der Waals surface area contributed by atoms with Crippen molar-refractivity contribution in [3.63, 3.8) is 0 Å². The number of H-pyrrole nitrogens is 1. The molecule has 34 heavy (non-hydrogen) atoms. The summed E-state index contributed by atoms with van der Waals surface area (Å²) in [5.74, 6) is 0.181. The molecule has 2 aromatic heterocycles. The molecule has 13 heteroatoms. The zero-order chi connectivity index (χ0) is 24.7. The lowest BCUT2D eigenvalue weighted by Crippen LogP contribution is -2.49. The molecule has 0 unspecified atom stereocenters. The molecular formula is C21H27F3N6O3S. The van der Waals surface area contributed by atoms with Crippen LogP contribution in [0, 0.1) is 6.92 Å². The standard InChI is InChI=1S/C21H27F3N6O3S/c1-3-16(34-17-12-27-28-19(32)14(17)2)13-33-9-4-18(31)29-5-7-30(8-6-29)20-25-10-15(11-26-20)21(22,23)24/h10-12,16H,3-9,13H2,1-2H3,(H,28,32)/t16-/m0/s1. The Morgan fingerprint density at radius 3 is 2.50 bits per heavy atom. The first-order valence-electron chi connectivity index (χ1n) is 10.9. The number of piperazine rings is 1. The van der Waals surface area contributed by atoms with Crippen LogP contribution in [0.4, 0.5) is 19.1 Å². The summed E-state index contributed by atoms with van der Waals surface area (Å²) >= 11 is 1.53. The van der Waals surface area contributed by atoms with Crippen molar-refractivity contribution >= 4 is 23.6 Å². The summed E-state index contributed by atoms with van der Waals surface area (Å²) in [6.07, 6.45) is -0.233. The fraction of sp³-hybridized carbons (Fsp3) is 0.571. The molecule has 9 nitrogen and oxygen atoms in total. The minimum absolute atomic E-state index is 0.0386. The van der Waals surface area contributed by atoms with E-state index in [2.05, 4.69) is 20.2 Å². The molecule has 3 heterocycles. The van der Waals surface area contributed by atoms with E-state index in [0.717, 1.165) is 23.7 Å². The lowest BCUT2D eigenvalue weighted by atomic mass is 10.3. The number of carbonyl (C=O) groups is 1. The minimum atomic E-state index is -4.47. The smallest absolute Gasteiger partial charge is 0.380 e. The van der Waals surface area contributed by atoms with Crippen LogP contribution in [0.1, 0.15) is 30.9 Å². The highest BCUT2D eigenvalue weighted by Crippen LogP contribution is 2.28. The molecule has 1 N–H and O–H groups in total. The molecule has 0 bridgehead atoms. The number of halogens is 3. The Labute approximate surface area is 199 Å². The van der Waals surface area contributed by atoms with Crippen molar-refractivity contribution in [3.8, 4) is 0 Å². The number of ether oxygens (including phenoxy) is 1. The Balaban J connectivity index is 1.39. The van der Waals surface area contributed by atoms with E-state index in [1.54, 1.807) is 22.9 Å². The molecule has 1 aliphatic heterocycles. The number of alkyl halides is 3. The average molecular weight is 501 g/mol. The van der Waals surface area contributed by atoms with Crippen molar-refractivity contribution in [1.82, 2.24) is 25.1 Å². The minimum Gasteiger partial charge on any atom is -0.380 e. The Bertz CT molecular complexity index is 1010. The predicted molar refractivity (Wildman–Crippen MR) is 121 cm³/mol. The largest absolute Gasteiger partial charge is 0.419 e. The van der Waals surface area contributed by atoms with Crippen molar-refractivity contribution < 1.29 is 22.7 Å². The van der Waals surface area contributed by atoms with Crippen LogP contribution in [0.2, 0.25) is 0 Å². The van der Waals surface area contributed by atoms with E-state index in [1.165, 1.54) is 11.8 Å². The predicted octanol–water partition coefficient (Wildman–Crippen LogP) is 2.51. The summed E-state index contributed by atoms with van der Waals surface area (Å²) < 4.78 is 43.7. The number of carbonyl (C=O) groups excluding carboxylic acids is 1. The Kier molecular flexibility index (Phi) is 8.89. The quantitative estimate of drug-likeness (QED) is 0.414. The second-order valence-corrected chi connectivity index (χ2v) is 9.14. The maximum Gasteiger partial charge on any atom is 0.419 e. The molecule has 0 aliphatic carbocycles. The third-order valence-corrected chi connectivity index (χ3v) is 6.92. The van der Waals surface area contributed by atoms with Crippen molar-refractivity contribution in [1.29, 1.82) is 0 Å². The number of aromatic nitrogens is 4. The summed E-state index contributed by atoms with van der Waals surface area (Å²) in [5, 5.41) is 6.37. The summed E-state index contributed by atoms with van der Waals surface area (Å²) in [5.41, 5.74) is -0.483. The van der Waals surface area contributed by atoms with E-state index in [0.29, 0.717) is 38.3 Å². The van der Waals surface area contributed by atoms with E-state index in [9.17, 15) is 22.8 Å². The highest BCUT2D eigenvalue weighted by Gasteiger charge is 2.32. The van der Waals surface area contributed by atoms with Gasteiger partial charge in [-0.3, -0.25) is 9.59 Å². The van der Waals surface area contributed by atoms with Gasteiger partial charge in [0.1, 0.15) is 0 Å². The van der Waals surface area contributed by atoms with Gasteiger partial charge in [0, 0.05) is 54.3 Å². The van der Waals surface area contributed by atoms with Crippen LogP contribution in [0.15, 0.2) is 28.3 Å². The number of hydrogen-bond donors (Lipinski definition) is 1. The molecule has 1 aliphatic rings. The molecule has 1 amide bonds. The Morgan fingerprint density at radius 1 is 1.21 bits per heavy atom. The fourth-order valence-corrected chi connectivity index (χ4v) is 4.37. The lowest BCUT2D eigenvalue weighted by Gasteiger charge is -2.34. The fourth-order valence-electron chi connectivity index (χ4n) is 3.29. The van der Waals surface area contributed by atoms with Crippen LogP contribution in [0.3, 0.4) is 0 Å². The molecule has 1 atom stereocenters. The molecule has 0 radical (unpaired) electrons. The molecule has 1 fully saturated rings. The van der Waals surface area contributed by atoms with E-state index < -0.39 is 11.7 Å². The van der Waals surface area contributed by atoms with E-state index in [-0.39, 0.29) is 35.7 Å². The van der Waals surface area contributed by atoms with Crippen molar-refractivity contribution in [2.45, 2.75) is 43.0 Å². The summed E-state index contributed by atoms with van der Waals surface area (Å²) in [4.78, 5) is 36.1. The summed E-state index contributed by atoms with van der Waals surface area (Å²) in [6, 6.07) is 0. The molecule has 0 aromatic carbocycles. The molecule has 1 saturated heterocycles. The monoisotopic (exact) mass is 500 g/mol. The highest BCUT2D eigenvalue weighted by molar-refractivity contribution is 8.00. The first kappa shape index (κ1) is 25.9. The third kappa shape index (κ3) is 6.92. The van der Waals surface area contributed by atoms with Crippen LogP contribution in [0.5, 0.6) is 0 Å². The van der Waals surface area contributed by atoms with Gasteiger partial charge in [-0.1, -0.05) is 6.92 Å². The van der Waals surface area contributed by atoms with Gasteiger partial charge in [0.15, 0.2) is 0 Å². The zero-order valence-electron chi connectivity index (χ0n) is 19.0. The number of nitrogens with zero attached hydrogens (tertiary/aromatic N) is 5. The summed E-state index contributed by atoms with van der Waals surface area (Å²) in [7, 11) is 0. The van der Waals surface area contributed by atoms with Crippen molar-refractivity contribution in [2.75, 3.05) is 44.3 Å². The SMILES string of the molecule is CC[C@@H](COCCC(=O)N1CCN(c2ncc(C(F)(F)F)cn2)CC1)Sc1cn[nH]c(=O)c1C. The van der Waals surface area contributed by atoms with Gasteiger partial charge in [-0.25, -0.2) is 15.1 Å². The van der Waals surface area contributed by atoms with Crippen LogP contribution in [0.25, 0.3) is 0 Å². The van der Waals surface area contributed by atoms with Gasteiger partial charge in [0.05, 0.1) is 31.4 Å². The molecule has 0 saturated carbocycles. The Hall–Kier alpha value is -2.67. The van der Waals surface area contributed by atoms with Crippen LogP contribution < -0.4 is 10.5 Å². The third-order valence-electron chi connectivity index (χ3n) is 5.45. The van der Waals surface area contributed by atoms with Crippen LogP contribution in [-0.4, -0.2) is 75.6 Å². The van der Waals surface area contributed by atoms with Gasteiger partial charge in [-0.15, -0.1) is 11.8 Å². The average Bonchev–Trinajstić information content (AvgIpc) is 2.83. The van der Waals surface area contributed by atoms with Gasteiger partial charge < -0.3 is 14.5 Å². The maximum atomic E-state index is 12.7. The van der Waals surface area contributed by atoms with Gasteiger partial charge in [0.2, 0.25) is 11.9 Å². The van der Waals surface area contributed by atoms with E-state index in [4.69, 9.17) is 4.74 Å². The second kappa shape index (κ2) is 11.6. The van der Waals surface area contributed by atoms with Crippen molar-refractivity contribution in [2.24, 2.45) is 0 Å². The number of hydrogen-bond acceptors (Lipinski definition) is 8. The van der Waals surface area contributed by atoms with E-state index in [1.807, 2.05) is 6.92 Å². The Morgan fingerprint density at radius 2 is 1.88 bits per heavy atom. The topological polar surface area (TPSA) is 104 Å². The number of rotatable bonds is 9. The lowest BCUT2D eigenvalue weighted by molar-refractivity contribution is -0.138. The first-order chi connectivity index (χ1) is 16.2. The van der Waals surface area contributed by atoms with Gasteiger partial charge in [-0.2, -0.15) is 18.3 Å². The second-order valence-electron chi connectivity index (χ2n) is 7.80. The number of amides is 1. The maximum absolute atomic E-state index is 12.7. The van der Waals surface area contributed by atoms with Gasteiger partial charge in [0.25, 0.3) is 5.56 Å². The van der Waals surface area contributed by atoms with Crippen molar-refractivity contribution in [3.05, 3.63) is 40.1 Å². The van der Waals surface area contributed by atoms with E-state index >= 15 is 0 Å². The highest BCUT2D eigenvalue weighted by atomic mass is 32.2. The molecule has 2 aromatic rings. The number of thioether (sulfide) groups is 1.